The summed E-state index contributed by atoms with van der Waals surface area (Å²) < 4.78 is 2.15. The summed E-state index contributed by atoms with van der Waals surface area (Å²) in [5, 5.41) is 14.9. The predicted octanol–water partition coefficient (Wildman–Crippen LogP) is 5.58. The van der Waals surface area contributed by atoms with Gasteiger partial charge in [0.25, 0.3) is 0 Å². The van der Waals surface area contributed by atoms with Crippen molar-refractivity contribution in [2.45, 2.75) is 58.7 Å². The highest BCUT2D eigenvalue weighted by molar-refractivity contribution is 7.99. The minimum atomic E-state index is -0.0240. The maximum atomic E-state index is 12.5. The van der Waals surface area contributed by atoms with E-state index >= 15 is 0 Å². The molecule has 0 aliphatic heterocycles. The van der Waals surface area contributed by atoms with E-state index in [2.05, 4.69) is 53.2 Å². The van der Waals surface area contributed by atoms with Crippen LogP contribution in [0, 0.1) is 6.92 Å². The van der Waals surface area contributed by atoms with Gasteiger partial charge in [0.2, 0.25) is 5.91 Å². The number of para-hydroxylation sites is 1. The third-order valence-electron chi connectivity index (χ3n) is 4.87. The van der Waals surface area contributed by atoms with E-state index in [-0.39, 0.29) is 5.91 Å². The number of carbonyl (C=O) groups is 1. The first kappa shape index (κ1) is 21.6. The van der Waals surface area contributed by atoms with Gasteiger partial charge in [-0.05, 0) is 43.4 Å². The molecule has 1 amide bonds. The van der Waals surface area contributed by atoms with Crippen LogP contribution < -0.4 is 5.32 Å². The highest BCUT2D eigenvalue weighted by Crippen LogP contribution is 2.32. The molecule has 0 bridgehead atoms. The van der Waals surface area contributed by atoms with Crippen LogP contribution in [-0.2, 0) is 24.2 Å². The molecule has 0 saturated carbocycles. The zero-order valence-electron chi connectivity index (χ0n) is 17.5. The molecule has 154 valence electrons. The summed E-state index contributed by atoms with van der Waals surface area (Å²) in [6.07, 6.45) is 2.85. The van der Waals surface area contributed by atoms with Crippen LogP contribution in [0.1, 0.15) is 43.2 Å². The monoisotopic (exact) mass is 428 g/mol. The molecule has 0 radical (unpaired) electrons. The van der Waals surface area contributed by atoms with Crippen molar-refractivity contribution in [1.29, 1.82) is 0 Å². The Morgan fingerprint density at radius 3 is 2.69 bits per heavy atom. The Kier molecular flexibility index (Phi) is 7.50. The van der Waals surface area contributed by atoms with E-state index in [1.165, 1.54) is 27.8 Å². The van der Waals surface area contributed by atoms with Crippen molar-refractivity contribution >= 4 is 34.7 Å². The Bertz CT molecular complexity index is 977. The van der Waals surface area contributed by atoms with Crippen LogP contribution in [0.15, 0.2) is 34.8 Å². The van der Waals surface area contributed by atoms with Crippen molar-refractivity contribution in [2.24, 2.45) is 0 Å². The molecule has 29 heavy (non-hydrogen) atoms. The van der Waals surface area contributed by atoms with Gasteiger partial charge >= 0.3 is 0 Å². The second kappa shape index (κ2) is 10.1. The number of hydrogen-bond donors (Lipinski definition) is 1. The second-order valence-electron chi connectivity index (χ2n) is 6.84. The number of hydrogen-bond acceptors (Lipinski definition) is 5. The van der Waals surface area contributed by atoms with E-state index in [9.17, 15) is 4.79 Å². The first-order valence-corrected chi connectivity index (χ1v) is 12.0. The van der Waals surface area contributed by atoms with Crippen molar-refractivity contribution in [2.75, 3.05) is 11.1 Å². The molecule has 0 unspecified atom stereocenters. The Hall–Kier alpha value is -2.12. The van der Waals surface area contributed by atoms with Crippen LogP contribution in [-0.4, -0.2) is 26.4 Å². The lowest BCUT2D eigenvalue weighted by molar-refractivity contribution is -0.113. The number of carbonyl (C=O) groups excluding carboxylic acids is 1. The summed E-state index contributed by atoms with van der Waals surface area (Å²) in [6.45, 7) is 9.40. The highest BCUT2D eigenvalue weighted by Gasteiger charge is 2.19. The van der Waals surface area contributed by atoms with Crippen LogP contribution >= 0.6 is 23.1 Å². The molecule has 2 aromatic heterocycles. The molecule has 1 aromatic carbocycles. The third-order valence-corrected chi connectivity index (χ3v) is 6.79. The smallest absolute Gasteiger partial charge is 0.234 e. The molecule has 0 atom stereocenters. The average Bonchev–Trinajstić information content (AvgIpc) is 3.29. The molecule has 2 heterocycles. The summed E-state index contributed by atoms with van der Waals surface area (Å²) in [5.74, 6) is 1.19. The normalized spacial score (nSPS) is 11.0. The maximum absolute atomic E-state index is 12.5. The molecule has 7 heteroatoms. The molecule has 3 aromatic rings. The Labute approximate surface area is 180 Å². The molecule has 0 saturated heterocycles. The lowest BCUT2D eigenvalue weighted by Crippen LogP contribution is -2.15. The van der Waals surface area contributed by atoms with Gasteiger partial charge < -0.3 is 9.88 Å². The quantitative estimate of drug-likeness (QED) is 0.452. The molecule has 0 aliphatic carbocycles. The summed E-state index contributed by atoms with van der Waals surface area (Å²) in [4.78, 5) is 13.8. The number of anilines is 1. The lowest BCUT2D eigenvalue weighted by Gasteiger charge is -2.11. The van der Waals surface area contributed by atoms with E-state index in [1.54, 1.807) is 11.3 Å². The molecule has 0 fully saturated rings. The van der Waals surface area contributed by atoms with Gasteiger partial charge in [0, 0.05) is 28.1 Å². The molecule has 3 rings (SSSR count). The number of amides is 1. The molecule has 0 aliphatic rings. The van der Waals surface area contributed by atoms with E-state index < -0.39 is 0 Å². The number of nitrogens with zero attached hydrogens (tertiary/aromatic N) is 3. The standard InChI is InChI=1S/C22H28N4OS2/c1-5-12-26-21(18-13-28-15(4)17(18)7-3)24-25-22(26)29-14-20(27)23-19-11-9-8-10-16(19)6-2/h8-11,13H,5-7,12,14H2,1-4H3,(H,23,27). The zero-order chi connectivity index (χ0) is 20.8. The zero-order valence-corrected chi connectivity index (χ0v) is 19.1. The number of thioether (sulfide) groups is 1. The number of aryl methyl sites for hydroxylation is 2. The van der Waals surface area contributed by atoms with Gasteiger partial charge in [-0.25, -0.2) is 0 Å². The molecular formula is C22H28N4OS2. The van der Waals surface area contributed by atoms with Gasteiger partial charge in [-0.15, -0.1) is 21.5 Å². The first-order valence-electron chi connectivity index (χ1n) is 10.1. The fraction of sp³-hybridized carbons (Fsp3) is 0.409. The lowest BCUT2D eigenvalue weighted by atomic mass is 10.1. The summed E-state index contributed by atoms with van der Waals surface area (Å²) in [7, 11) is 0. The summed E-state index contributed by atoms with van der Waals surface area (Å²) in [6, 6.07) is 7.93. The Balaban J connectivity index is 1.76. The van der Waals surface area contributed by atoms with E-state index in [1.807, 2.05) is 24.3 Å². The average molecular weight is 429 g/mol. The molecule has 0 spiro atoms. The minimum absolute atomic E-state index is 0.0240. The van der Waals surface area contributed by atoms with Gasteiger partial charge in [0.05, 0.1) is 5.75 Å². The topological polar surface area (TPSA) is 59.8 Å². The van der Waals surface area contributed by atoms with Gasteiger partial charge in [-0.1, -0.05) is 50.7 Å². The molecule has 5 nitrogen and oxygen atoms in total. The van der Waals surface area contributed by atoms with Crippen LogP contribution in [0.5, 0.6) is 0 Å². The van der Waals surface area contributed by atoms with E-state index in [0.29, 0.717) is 5.75 Å². The Morgan fingerprint density at radius 2 is 1.97 bits per heavy atom. The van der Waals surface area contributed by atoms with Crippen LogP contribution in [0.25, 0.3) is 11.4 Å². The van der Waals surface area contributed by atoms with Crippen molar-refractivity contribution in [1.82, 2.24) is 14.8 Å². The predicted molar refractivity (Wildman–Crippen MR) is 123 cm³/mol. The number of benzene rings is 1. The van der Waals surface area contributed by atoms with E-state index in [4.69, 9.17) is 0 Å². The van der Waals surface area contributed by atoms with Crippen molar-refractivity contribution in [3.05, 3.63) is 45.6 Å². The first-order chi connectivity index (χ1) is 14.1. The van der Waals surface area contributed by atoms with Gasteiger partial charge in [-0.3, -0.25) is 4.79 Å². The highest BCUT2D eigenvalue weighted by atomic mass is 32.2. The third kappa shape index (κ3) is 4.90. The number of aromatic nitrogens is 3. The van der Waals surface area contributed by atoms with Crippen LogP contribution in [0.4, 0.5) is 5.69 Å². The summed E-state index contributed by atoms with van der Waals surface area (Å²) in [5.41, 5.74) is 4.54. The number of thiophene rings is 1. The number of nitrogens with one attached hydrogen (secondary N) is 1. The van der Waals surface area contributed by atoms with Gasteiger partial charge in [0.1, 0.15) is 0 Å². The summed E-state index contributed by atoms with van der Waals surface area (Å²) >= 11 is 3.20. The Morgan fingerprint density at radius 1 is 1.17 bits per heavy atom. The fourth-order valence-electron chi connectivity index (χ4n) is 3.39. The van der Waals surface area contributed by atoms with Gasteiger partial charge in [-0.2, -0.15) is 0 Å². The van der Waals surface area contributed by atoms with Crippen LogP contribution in [0.2, 0.25) is 0 Å². The van der Waals surface area contributed by atoms with E-state index in [0.717, 1.165) is 48.0 Å². The van der Waals surface area contributed by atoms with Crippen molar-refractivity contribution < 1.29 is 4.79 Å². The van der Waals surface area contributed by atoms with Crippen LogP contribution in [0.3, 0.4) is 0 Å². The van der Waals surface area contributed by atoms with Crippen molar-refractivity contribution in [3.8, 4) is 11.4 Å². The molecular weight excluding hydrogens is 400 g/mol. The largest absolute Gasteiger partial charge is 0.325 e. The molecule has 1 N–H and O–H groups in total. The van der Waals surface area contributed by atoms with Crippen molar-refractivity contribution in [3.63, 3.8) is 0 Å². The maximum Gasteiger partial charge on any atom is 0.234 e. The second-order valence-corrected chi connectivity index (χ2v) is 8.87. The fourth-order valence-corrected chi connectivity index (χ4v) is 5.10. The van der Waals surface area contributed by atoms with Gasteiger partial charge in [0.15, 0.2) is 11.0 Å². The number of rotatable bonds is 9. The minimum Gasteiger partial charge on any atom is -0.325 e. The SMILES string of the molecule is CCCn1c(SCC(=O)Nc2ccccc2CC)nnc1-c1csc(C)c1CC.